The van der Waals surface area contributed by atoms with Crippen LogP contribution >= 0.6 is 15.9 Å². The van der Waals surface area contributed by atoms with Crippen LogP contribution < -0.4 is 5.73 Å². The van der Waals surface area contributed by atoms with E-state index < -0.39 is 0 Å². The molecule has 2 aromatic carbocycles. The molecule has 0 fully saturated rings. The van der Waals surface area contributed by atoms with E-state index >= 15 is 0 Å². The molecule has 0 spiro atoms. The Kier molecular flexibility index (Phi) is 3.51. The third kappa shape index (κ3) is 2.56. The van der Waals surface area contributed by atoms with E-state index in [1.165, 1.54) is 12.1 Å². The Hall–Kier alpha value is -2.14. The largest absolute Gasteiger partial charge is 0.367 e. The molecule has 0 atom stereocenters. The van der Waals surface area contributed by atoms with Crippen LogP contribution in [-0.4, -0.2) is 5.16 Å². The van der Waals surface area contributed by atoms with Crippen LogP contribution in [0.15, 0.2) is 51.5 Å². The molecule has 0 aliphatic rings. The highest BCUT2D eigenvalue weighted by atomic mass is 79.9. The molecule has 3 aromatic rings. The highest BCUT2D eigenvalue weighted by Crippen LogP contribution is 2.39. The van der Waals surface area contributed by atoms with Crippen LogP contribution in [0.25, 0.3) is 22.4 Å². The molecule has 5 heteroatoms. The Labute approximate surface area is 129 Å². The van der Waals surface area contributed by atoms with E-state index in [1.54, 1.807) is 6.07 Å². The van der Waals surface area contributed by atoms with Gasteiger partial charge in [-0.15, -0.1) is 0 Å². The van der Waals surface area contributed by atoms with Gasteiger partial charge in [-0.05, 0) is 30.7 Å². The first-order chi connectivity index (χ1) is 10.1. The van der Waals surface area contributed by atoms with Crippen molar-refractivity contribution in [3.8, 4) is 22.4 Å². The van der Waals surface area contributed by atoms with Crippen LogP contribution in [-0.2, 0) is 0 Å². The van der Waals surface area contributed by atoms with E-state index in [1.807, 2.05) is 31.2 Å². The molecule has 2 N–H and O–H groups in total. The van der Waals surface area contributed by atoms with Crippen LogP contribution in [0.2, 0.25) is 0 Å². The van der Waals surface area contributed by atoms with Gasteiger partial charge in [-0.1, -0.05) is 50.9 Å². The smallest absolute Gasteiger partial charge is 0.230 e. The lowest BCUT2D eigenvalue weighted by molar-refractivity contribution is 0.439. The van der Waals surface area contributed by atoms with Crippen molar-refractivity contribution in [2.24, 2.45) is 0 Å². The number of aryl methyl sites for hydroxylation is 1. The SMILES string of the molecule is Cc1ccc(-c2c(-c3cc(F)ccc3Br)noc2N)cc1. The van der Waals surface area contributed by atoms with Gasteiger partial charge in [-0.2, -0.15) is 0 Å². The number of hydrogen-bond donors (Lipinski definition) is 1. The van der Waals surface area contributed by atoms with Crippen molar-refractivity contribution in [2.75, 3.05) is 5.73 Å². The molecule has 0 bridgehead atoms. The zero-order chi connectivity index (χ0) is 15.0. The van der Waals surface area contributed by atoms with Gasteiger partial charge in [0, 0.05) is 10.0 Å². The molecule has 3 rings (SSSR count). The topological polar surface area (TPSA) is 52.0 Å². The van der Waals surface area contributed by atoms with E-state index in [0.717, 1.165) is 15.6 Å². The maximum absolute atomic E-state index is 13.5. The minimum atomic E-state index is -0.343. The van der Waals surface area contributed by atoms with Gasteiger partial charge in [0.25, 0.3) is 0 Å². The number of benzene rings is 2. The minimum Gasteiger partial charge on any atom is -0.367 e. The molecule has 0 saturated carbocycles. The van der Waals surface area contributed by atoms with Crippen LogP contribution in [0.3, 0.4) is 0 Å². The Morgan fingerprint density at radius 3 is 2.57 bits per heavy atom. The molecule has 3 nitrogen and oxygen atoms in total. The second-order valence-corrected chi connectivity index (χ2v) is 5.61. The lowest BCUT2D eigenvalue weighted by Crippen LogP contribution is -1.89. The van der Waals surface area contributed by atoms with Crippen molar-refractivity contribution < 1.29 is 8.91 Å². The van der Waals surface area contributed by atoms with Gasteiger partial charge in [0.15, 0.2) is 0 Å². The van der Waals surface area contributed by atoms with Crippen LogP contribution in [0.5, 0.6) is 0 Å². The second-order valence-electron chi connectivity index (χ2n) is 4.76. The van der Waals surface area contributed by atoms with Crippen molar-refractivity contribution in [3.63, 3.8) is 0 Å². The van der Waals surface area contributed by atoms with Gasteiger partial charge in [0.1, 0.15) is 11.5 Å². The third-order valence-electron chi connectivity index (χ3n) is 3.24. The van der Waals surface area contributed by atoms with Crippen molar-refractivity contribution in [2.45, 2.75) is 6.92 Å². The van der Waals surface area contributed by atoms with E-state index in [-0.39, 0.29) is 11.7 Å². The number of nitrogen functional groups attached to an aromatic ring is 1. The summed E-state index contributed by atoms with van der Waals surface area (Å²) < 4.78 is 19.4. The standard InChI is InChI=1S/C16H12BrFN2O/c1-9-2-4-10(5-3-9)14-15(20-21-16(14)19)12-8-11(18)6-7-13(12)17/h2-8H,19H2,1H3. The van der Waals surface area contributed by atoms with Crippen LogP contribution in [0.4, 0.5) is 10.3 Å². The van der Waals surface area contributed by atoms with E-state index in [0.29, 0.717) is 16.8 Å². The highest BCUT2D eigenvalue weighted by molar-refractivity contribution is 9.10. The van der Waals surface area contributed by atoms with E-state index in [2.05, 4.69) is 21.1 Å². The Morgan fingerprint density at radius 2 is 1.86 bits per heavy atom. The van der Waals surface area contributed by atoms with Crippen LogP contribution in [0, 0.1) is 12.7 Å². The summed E-state index contributed by atoms with van der Waals surface area (Å²) in [7, 11) is 0. The number of aromatic nitrogens is 1. The molecular formula is C16H12BrFN2O. The maximum atomic E-state index is 13.5. The molecule has 106 valence electrons. The zero-order valence-corrected chi connectivity index (χ0v) is 12.8. The summed E-state index contributed by atoms with van der Waals surface area (Å²) in [6, 6.07) is 12.2. The maximum Gasteiger partial charge on any atom is 0.230 e. The number of anilines is 1. The predicted molar refractivity (Wildman–Crippen MR) is 84.2 cm³/mol. The predicted octanol–water partition coefficient (Wildman–Crippen LogP) is 4.80. The second kappa shape index (κ2) is 5.33. The molecule has 1 aromatic heterocycles. The third-order valence-corrected chi connectivity index (χ3v) is 3.93. The van der Waals surface area contributed by atoms with E-state index in [9.17, 15) is 4.39 Å². The molecule has 0 aliphatic heterocycles. The van der Waals surface area contributed by atoms with Crippen molar-refractivity contribution in [1.82, 2.24) is 5.16 Å². The Balaban J connectivity index is 2.21. The summed E-state index contributed by atoms with van der Waals surface area (Å²) in [4.78, 5) is 0. The van der Waals surface area contributed by atoms with Gasteiger partial charge in [0.05, 0.1) is 5.56 Å². The highest BCUT2D eigenvalue weighted by Gasteiger charge is 2.19. The molecule has 0 amide bonds. The zero-order valence-electron chi connectivity index (χ0n) is 11.2. The summed E-state index contributed by atoms with van der Waals surface area (Å²) in [5.41, 5.74) is 9.71. The molecule has 0 unspecified atom stereocenters. The summed E-state index contributed by atoms with van der Waals surface area (Å²) in [5, 5.41) is 3.99. The van der Waals surface area contributed by atoms with Gasteiger partial charge in [-0.3, -0.25) is 0 Å². The number of nitrogens with zero attached hydrogens (tertiary/aromatic N) is 1. The van der Waals surface area contributed by atoms with Crippen molar-refractivity contribution in [3.05, 3.63) is 58.3 Å². The number of nitrogens with two attached hydrogens (primary N) is 1. The first-order valence-corrected chi connectivity index (χ1v) is 7.13. The minimum absolute atomic E-state index is 0.213. The van der Waals surface area contributed by atoms with Crippen molar-refractivity contribution in [1.29, 1.82) is 0 Å². The fraction of sp³-hybridized carbons (Fsp3) is 0.0625. The normalized spacial score (nSPS) is 10.8. The molecule has 0 aliphatic carbocycles. The molecule has 1 heterocycles. The van der Waals surface area contributed by atoms with Gasteiger partial charge < -0.3 is 10.3 Å². The van der Waals surface area contributed by atoms with Gasteiger partial charge >= 0.3 is 0 Å². The van der Waals surface area contributed by atoms with Gasteiger partial charge in [0.2, 0.25) is 5.88 Å². The van der Waals surface area contributed by atoms with Crippen molar-refractivity contribution >= 4 is 21.8 Å². The number of hydrogen-bond acceptors (Lipinski definition) is 3. The Morgan fingerprint density at radius 1 is 1.14 bits per heavy atom. The monoisotopic (exact) mass is 346 g/mol. The Bertz CT molecular complexity index is 797. The average molecular weight is 347 g/mol. The van der Waals surface area contributed by atoms with Gasteiger partial charge in [-0.25, -0.2) is 4.39 Å². The number of rotatable bonds is 2. The first-order valence-electron chi connectivity index (χ1n) is 6.34. The average Bonchev–Trinajstić information content (AvgIpc) is 2.84. The fourth-order valence-electron chi connectivity index (χ4n) is 2.16. The lowest BCUT2D eigenvalue weighted by Gasteiger charge is -2.05. The van der Waals surface area contributed by atoms with E-state index in [4.69, 9.17) is 10.3 Å². The van der Waals surface area contributed by atoms with Crippen LogP contribution in [0.1, 0.15) is 5.56 Å². The summed E-state index contributed by atoms with van der Waals surface area (Å²) in [6.07, 6.45) is 0. The lowest BCUT2D eigenvalue weighted by atomic mass is 10.00. The quantitative estimate of drug-likeness (QED) is 0.724. The fourth-order valence-corrected chi connectivity index (χ4v) is 2.60. The first kappa shape index (κ1) is 13.8. The summed E-state index contributed by atoms with van der Waals surface area (Å²) in [6.45, 7) is 2.00. The summed E-state index contributed by atoms with van der Waals surface area (Å²) in [5.74, 6) is -0.130. The molecule has 0 radical (unpaired) electrons. The molecular weight excluding hydrogens is 335 g/mol. The number of halogens is 2. The summed E-state index contributed by atoms with van der Waals surface area (Å²) >= 11 is 3.41. The molecule has 0 saturated heterocycles. The molecule has 21 heavy (non-hydrogen) atoms.